The van der Waals surface area contributed by atoms with Gasteiger partial charge in [-0.3, -0.25) is 4.90 Å². The van der Waals surface area contributed by atoms with Crippen molar-refractivity contribution in [2.75, 3.05) is 25.6 Å². The van der Waals surface area contributed by atoms with Crippen molar-refractivity contribution >= 4 is 17.4 Å². The van der Waals surface area contributed by atoms with Crippen molar-refractivity contribution in [2.45, 2.75) is 24.4 Å². The predicted molar refractivity (Wildman–Crippen MR) is 129 cm³/mol. The molecular formula is C28H26N2O3. The summed E-state index contributed by atoms with van der Waals surface area (Å²) in [4.78, 5) is 15.2. The minimum absolute atomic E-state index is 0.0532. The van der Waals surface area contributed by atoms with Crippen LogP contribution in [0.1, 0.15) is 29.0 Å². The number of para-hydroxylation sites is 1. The van der Waals surface area contributed by atoms with Crippen LogP contribution in [0.4, 0.5) is 10.5 Å². The molecule has 2 heterocycles. The van der Waals surface area contributed by atoms with E-state index in [1.165, 1.54) is 27.8 Å². The second-order valence-electron chi connectivity index (χ2n) is 8.95. The van der Waals surface area contributed by atoms with Gasteiger partial charge in [-0.25, -0.2) is 4.79 Å². The van der Waals surface area contributed by atoms with Gasteiger partial charge in [0.05, 0.1) is 25.3 Å². The summed E-state index contributed by atoms with van der Waals surface area (Å²) in [5.74, 6) is 0.0532. The average Bonchev–Trinajstić information content (AvgIpc) is 3.16. The van der Waals surface area contributed by atoms with E-state index in [1.807, 2.05) is 41.3 Å². The zero-order chi connectivity index (χ0) is 22.4. The van der Waals surface area contributed by atoms with E-state index in [0.717, 1.165) is 11.3 Å². The molecule has 3 aliphatic rings. The van der Waals surface area contributed by atoms with Crippen LogP contribution in [0.3, 0.4) is 0 Å². The highest BCUT2D eigenvalue weighted by molar-refractivity contribution is 5.80. The second kappa shape index (κ2) is 8.09. The van der Waals surface area contributed by atoms with E-state index < -0.39 is 0 Å². The van der Waals surface area contributed by atoms with Crippen molar-refractivity contribution < 1.29 is 14.3 Å². The lowest BCUT2D eigenvalue weighted by Crippen LogP contribution is -2.56. The molecule has 0 radical (unpaired) electrons. The molecule has 3 aromatic rings. The molecule has 3 aromatic carbocycles. The first kappa shape index (κ1) is 20.1. The number of carbonyl (C=O) groups is 1. The number of ether oxygens (including phenoxy) is 2. The minimum atomic E-state index is -0.272. The Bertz CT molecular complexity index is 1210. The molecule has 1 fully saturated rings. The van der Waals surface area contributed by atoms with Gasteiger partial charge in [0.25, 0.3) is 0 Å². The Morgan fingerprint density at radius 1 is 0.909 bits per heavy atom. The molecule has 1 amide bonds. The van der Waals surface area contributed by atoms with Gasteiger partial charge in [-0.2, -0.15) is 0 Å². The number of nitrogen functional groups attached to an aromatic ring is 1. The van der Waals surface area contributed by atoms with E-state index in [1.54, 1.807) is 0 Å². The molecule has 0 aromatic heterocycles. The summed E-state index contributed by atoms with van der Waals surface area (Å²) in [7, 11) is 0. The normalized spacial score (nSPS) is 21.2. The fourth-order valence-electron chi connectivity index (χ4n) is 5.54. The van der Waals surface area contributed by atoms with E-state index in [4.69, 9.17) is 15.2 Å². The maximum atomic E-state index is 13.3. The van der Waals surface area contributed by atoms with Gasteiger partial charge in [-0.15, -0.1) is 0 Å². The molecular weight excluding hydrogens is 412 g/mol. The molecule has 2 aliphatic heterocycles. The summed E-state index contributed by atoms with van der Waals surface area (Å²) in [5.41, 5.74) is 14.1. The van der Waals surface area contributed by atoms with Gasteiger partial charge in [0.15, 0.2) is 0 Å². The van der Waals surface area contributed by atoms with Crippen LogP contribution >= 0.6 is 0 Å². The van der Waals surface area contributed by atoms with Crippen LogP contribution in [0.5, 0.6) is 0 Å². The van der Waals surface area contributed by atoms with Gasteiger partial charge in [0, 0.05) is 17.2 Å². The number of nitrogens with zero attached hydrogens (tertiary/aromatic N) is 1. The van der Waals surface area contributed by atoms with E-state index in [2.05, 4.69) is 42.5 Å². The maximum absolute atomic E-state index is 13.3. The van der Waals surface area contributed by atoms with Crippen LogP contribution in [-0.4, -0.2) is 42.9 Å². The van der Waals surface area contributed by atoms with Gasteiger partial charge >= 0.3 is 6.09 Å². The molecule has 6 rings (SSSR count). The number of anilines is 1. The SMILES string of the molecule is Nc1ccccc1C1=CC2COCC(C1)N2C(=O)OCC1c2ccccc2-c2ccccc21. The molecule has 2 bridgehead atoms. The van der Waals surface area contributed by atoms with Gasteiger partial charge in [-0.1, -0.05) is 72.8 Å². The van der Waals surface area contributed by atoms with E-state index in [9.17, 15) is 4.79 Å². The largest absolute Gasteiger partial charge is 0.448 e. The fraction of sp³-hybridized carbons (Fsp3) is 0.250. The number of amides is 1. The van der Waals surface area contributed by atoms with E-state index >= 15 is 0 Å². The molecule has 5 nitrogen and oxygen atoms in total. The zero-order valence-electron chi connectivity index (χ0n) is 18.3. The van der Waals surface area contributed by atoms with Crippen LogP contribution in [0.2, 0.25) is 0 Å². The third kappa shape index (κ3) is 3.40. The monoisotopic (exact) mass is 438 g/mol. The lowest BCUT2D eigenvalue weighted by molar-refractivity contribution is -0.0331. The van der Waals surface area contributed by atoms with Crippen molar-refractivity contribution in [1.29, 1.82) is 0 Å². The van der Waals surface area contributed by atoms with Crippen LogP contribution in [0, 0.1) is 0 Å². The summed E-state index contributed by atoms with van der Waals surface area (Å²) < 4.78 is 11.7. The molecule has 33 heavy (non-hydrogen) atoms. The first-order valence-electron chi connectivity index (χ1n) is 11.5. The number of morpholine rings is 1. The van der Waals surface area contributed by atoms with Crippen molar-refractivity contribution in [2.24, 2.45) is 0 Å². The Labute approximate surface area is 193 Å². The Kier molecular flexibility index (Phi) is 4.92. The maximum Gasteiger partial charge on any atom is 0.410 e. The van der Waals surface area contributed by atoms with Crippen molar-refractivity contribution in [3.05, 3.63) is 95.6 Å². The van der Waals surface area contributed by atoms with Crippen molar-refractivity contribution in [1.82, 2.24) is 4.90 Å². The highest BCUT2D eigenvalue weighted by Gasteiger charge is 2.40. The molecule has 0 saturated carbocycles. The number of fused-ring (bicyclic) bond motifs is 5. The first-order chi connectivity index (χ1) is 16.2. The summed E-state index contributed by atoms with van der Waals surface area (Å²) in [5, 5.41) is 0. The third-order valence-corrected chi connectivity index (χ3v) is 7.05. The lowest BCUT2D eigenvalue weighted by atomic mass is 9.89. The minimum Gasteiger partial charge on any atom is -0.448 e. The number of hydrogen-bond acceptors (Lipinski definition) is 4. The van der Waals surface area contributed by atoms with Gasteiger partial charge in [-0.05, 0) is 40.3 Å². The van der Waals surface area contributed by atoms with Crippen molar-refractivity contribution in [3.8, 4) is 11.1 Å². The van der Waals surface area contributed by atoms with Crippen LogP contribution < -0.4 is 5.73 Å². The fourth-order valence-corrected chi connectivity index (χ4v) is 5.54. The molecule has 2 N–H and O–H groups in total. The molecule has 0 spiro atoms. The van der Waals surface area contributed by atoms with Crippen LogP contribution in [-0.2, 0) is 9.47 Å². The third-order valence-electron chi connectivity index (χ3n) is 7.05. The highest BCUT2D eigenvalue weighted by Crippen LogP contribution is 2.44. The van der Waals surface area contributed by atoms with E-state index in [0.29, 0.717) is 26.2 Å². The average molecular weight is 439 g/mol. The number of nitrogens with two attached hydrogens (primary N) is 1. The van der Waals surface area contributed by atoms with Crippen LogP contribution in [0.25, 0.3) is 16.7 Å². The Morgan fingerprint density at radius 3 is 2.21 bits per heavy atom. The lowest BCUT2D eigenvalue weighted by Gasteiger charge is -2.44. The molecule has 2 atom stereocenters. The van der Waals surface area contributed by atoms with Gasteiger partial charge in [0.1, 0.15) is 6.61 Å². The Balaban J connectivity index is 1.23. The standard InChI is InChI=1S/C28H26N2O3/c29-27-12-6-5-7-21(27)18-13-19-15-32-16-20(14-18)30(19)28(31)33-17-26-24-10-3-1-8-22(24)23-9-2-4-11-25(23)26/h1-13,19-20,26H,14-17,29H2. The Morgan fingerprint density at radius 2 is 1.55 bits per heavy atom. The number of benzene rings is 3. The smallest absolute Gasteiger partial charge is 0.410 e. The number of carbonyl (C=O) groups excluding carboxylic acids is 1. The summed E-state index contributed by atoms with van der Waals surface area (Å²) in [6.07, 6.45) is 2.55. The van der Waals surface area contributed by atoms with Gasteiger partial charge in [0.2, 0.25) is 0 Å². The first-order valence-corrected chi connectivity index (χ1v) is 11.5. The predicted octanol–water partition coefficient (Wildman–Crippen LogP) is 5.07. The van der Waals surface area contributed by atoms with Crippen molar-refractivity contribution in [3.63, 3.8) is 0 Å². The van der Waals surface area contributed by atoms with Crippen LogP contribution in [0.15, 0.2) is 78.9 Å². The Hall–Kier alpha value is -3.57. The topological polar surface area (TPSA) is 64.8 Å². The number of hydrogen-bond donors (Lipinski definition) is 1. The summed E-state index contributed by atoms with van der Waals surface area (Å²) in [6.45, 7) is 1.30. The zero-order valence-corrected chi connectivity index (χ0v) is 18.3. The molecule has 166 valence electrons. The number of rotatable bonds is 3. The summed E-state index contributed by atoms with van der Waals surface area (Å²) >= 11 is 0. The van der Waals surface area contributed by atoms with Gasteiger partial charge < -0.3 is 15.2 Å². The highest BCUT2D eigenvalue weighted by atomic mass is 16.6. The molecule has 1 saturated heterocycles. The summed E-state index contributed by atoms with van der Waals surface area (Å²) in [6, 6.07) is 24.5. The second-order valence-corrected chi connectivity index (χ2v) is 8.95. The quantitative estimate of drug-likeness (QED) is 0.580. The van der Waals surface area contributed by atoms with E-state index in [-0.39, 0.29) is 24.1 Å². The molecule has 5 heteroatoms. The molecule has 2 unspecified atom stereocenters. The molecule has 1 aliphatic carbocycles.